The van der Waals surface area contributed by atoms with Gasteiger partial charge in [-0.15, -0.1) is 0 Å². The maximum atomic E-state index is 12.4. The number of carbonyl (C=O) groups excluding carboxylic acids is 1. The molecule has 0 amide bonds. The molecule has 0 aliphatic rings. The molecule has 0 radical (unpaired) electrons. The first kappa shape index (κ1) is 15.6. The Kier molecular flexibility index (Phi) is 4.95. The van der Waals surface area contributed by atoms with Crippen molar-refractivity contribution in [2.75, 3.05) is 0 Å². The van der Waals surface area contributed by atoms with Gasteiger partial charge in [-0.3, -0.25) is 4.79 Å². The van der Waals surface area contributed by atoms with Crippen LogP contribution in [0.5, 0.6) is 0 Å². The standard InChI is InChI=1S/C15H21IO2/c1-14(2,3)13(17)12-9-7-6-8-11(12)10-15(4,5)18-16/h6-9H,10H2,1-5H3. The van der Waals surface area contributed by atoms with Gasteiger partial charge < -0.3 is 3.07 Å². The predicted molar refractivity (Wildman–Crippen MR) is 83.1 cm³/mol. The minimum atomic E-state index is -0.356. The van der Waals surface area contributed by atoms with Crippen LogP contribution in [0.25, 0.3) is 0 Å². The summed E-state index contributed by atoms with van der Waals surface area (Å²) in [7, 11) is 0. The Morgan fingerprint density at radius 2 is 1.72 bits per heavy atom. The minimum Gasteiger partial charge on any atom is -0.309 e. The van der Waals surface area contributed by atoms with Crippen molar-refractivity contribution in [1.82, 2.24) is 0 Å². The van der Waals surface area contributed by atoms with Crippen molar-refractivity contribution >= 4 is 28.8 Å². The molecule has 100 valence electrons. The number of hydrogen-bond donors (Lipinski definition) is 0. The van der Waals surface area contributed by atoms with Crippen LogP contribution < -0.4 is 0 Å². The lowest BCUT2D eigenvalue weighted by molar-refractivity contribution is 0.0856. The molecule has 0 fully saturated rings. The van der Waals surface area contributed by atoms with Gasteiger partial charge in [0.05, 0.1) is 5.60 Å². The number of benzene rings is 1. The molecule has 0 spiro atoms. The van der Waals surface area contributed by atoms with Gasteiger partial charge in [-0.05, 0) is 19.4 Å². The summed E-state index contributed by atoms with van der Waals surface area (Å²) >= 11 is 1.92. The lowest BCUT2D eigenvalue weighted by Gasteiger charge is -2.24. The van der Waals surface area contributed by atoms with Crippen molar-refractivity contribution in [3.63, 3.8) is 0 Å². The van der Waals surface area contributed by atoms with Gasteiger partial charge in [-0.1, -0.05) is 45.0 Å². The van der Waals surface area contributed by atoms with Crippen LogP contribution in [0.2, 0.25) is 0 Å². The monoisotopic (exact) mass is 360 g/mol. The lowest BCUT2D eigenvalue weighted by atomic mass is 9.83. The molecule has 1 aromatic rings. The summed E-state index contributed by atoms with van der Waals surface area (Å²) in [6, 6.07) is 7.81. The van der Waals surface area contributed by atoms with Crippen LogP contribution in [0.15, 0.2) is 24.3 Å². The van der Waals surface area contributed by atoms with Gasteiger partial charge in [0.1, 0.15) is 23.0 Å². The molecular formula is C15H21IO2. The quantitative estimate of drug-likeness (QED) is 0.579. The number of carbonyl (C=O) groups is 1. The van der Waals surface area contributed by atoms with Crippen LogP contribution in [0.3, 0.4) is 0 Å². The second-order valence-electron chi connectivity index (χ2n) is 6.25. The van der Waals surface area contributed by atoms with E-state index in [-0.39, 0.29) is 16.8 Å². The summed E-state index contributed by atoms with van der Waals surface area (Å²) in [6.07, 6.45) is 0.730. The number of ketones is 1. The second-order valence-corrected chi connectivity index (χ2v) is 6.69. The van der Waals surface area contributed by atoms with E-state index in [4.69, 9.17) is 3.07 Å². The molecule has 1 aromatic carbocycles. The number of hydrogen-bond acceptors (Lipinski definition) is 2. The summed E-state index contributed by atoms with van der Waals surface area (Å²) in [5.41, 5.74) is 1.24. The molecule has 2 nitrogen and oxygen atoms in total. The van der Waals surface area contributed by atoms with Gasteiger partial charge in [0.2, 0.25) is 0 Å². The molecule has 0 heterocycles. The first-order valence-corrected chi connectivity index (χ1v) is 6.98. The van der Waals surface area contributed by atoms with Gasteiger partial charge in [-0.25, -0.2) is 0 Å². The molecule has 0 aromatic heterocycles. The molecule has 0 atom stereocenters. The average molecular weight is 360 g/mol. The lowest BCUT2D eigenvalue weighted by Crippen LogP contribution is -2.27. The Morgan fingerprint density at radius 1 is 1.17 bits per heavy atom. The van der Waals surface area contributed by atoms with E-state index in [0.717, 1.165) is 17.5 Å². The molecule has 0 saturated heterocycles. The van der Waals surface area contributed by atoms with Gasteiger partial charge in [0.15, 0.2) is 5.78 Å². The number of halogens is 1. The van der Waals surface area contributed by atoms with E-state index >= 15 is 0 Å². The highest BCUT2D eigenvalue weighted by atomic mass is 127. The highest BCUT2D eigenvalue weighted by molar-refractivity contribution is 14.1. The number of rotatable bonds is 4. The zero-order valence-electron chi connectivity index (χ0n) is 11.7. The van der Waals surface area contributed by atoms with Crippen LogP contribution >= 0.6 is 23.0 Å². The molecule has 1 rings (SSSR count). The van der Waals surface area contributed by atoms with E-state index in [0.29, 0.717) is 0 Å². The predicted octanol–water partition coefficient (Wildman–Crippen LogP) is 4.60. The summed E-state index contributed by atoms with van der Waals surface area (Å²) in [4.78, 5) is 12.4. The summed E-state index contributed by atoms with van der Waals surface area (Å²) < 4.78 is 5.42. The van der Waals surface area contributed by atoms with Crippen molar-refractivity contribution in [2.45, 2.75) is 46.6 Å². The van der Waals surface area contributed by atoms with E-state index in [9.17, 15) is 4.79 Å². The molecule has 0 saturated carbocycles. The van der Waals surface area contributed by atoms with Gasteiger partial charge in [0, 0.05) is 17.4 Å². The van der Waals surface area contributed by atoms with Crippen molar-refractivity contribution < 1.29 is 7.86 Å². The van der Waals surface area contributed by atoms with Crippen LogP contribution in [-0.4, -0.2) is 11.4 Å². The molecule has 3 heteroatoms. The molecule has 18 heavy (non-hydrogen) atoms. The number of Topliss-reactive ketones (excluding diaryl/α,β-unsaturated/α-hetero) is 1. The van der Waals surface area contributed by atoms with Gasteiger partial charge in [-0.2, -0.15) is 0 Å². The van der Waals surface area contributed by atoms with Crippen LogP contribution in [0.1, 0.15) is 50.5 Å². The Balaban J connectivity index is 3.12. The smallest absolute Gasteiger partial charge is 0.168 e. The van der Waals surface area contributed by atoms with Crippen LogP contribution in [0, 0.1) is 5.41 Å². The Morgan fingerprint density at radius 3 is 2.22 bits per heavy atom. The van der Waals surface area contributed by atoms with Crippen LogP contribution in [-0.2, 0) is 9.49 Å². The largest absolute Gasteiger partial charge is 0.309 e. The highest BCUT2D eigenvalue weighted by Gasteiger charge is 2.27. The molecule has 0 unspecified atom stereocenters. The summed E-state index contributed by atoms with van der Waals surface area (Å²) in [5.74, 6) is 0.183. The average Bonchev–Trinajstić information content (AvgIpc) is 2.27. The first-order valence-electron chi connectivity index (χ1n) is 6.10. The van der Waals surface area contributed by atoms with Crippen molar-refractivity contribution in [1.29, 1.82) is 0 Å². The van der Waals surface area contributed by atoms with Gasteiger partial charge in [0.25, 0.3) is 0 Å². The van der Waals surface area contributed by atoms with E-state index in [1.807, 2.05) is 81.9 Å². The highest BCUT2D eigenvalue weighted by Crippen LogP contribution is 2.27. The maximum Gasteiger partial charge on any atom is 0.168 e. The second kappa shape index (κ2) is 5.70. The zero-order valence-corrected chi connectivity index (χ0v) is 13.9. The molecule has 0 aliphatic carbocycles. The van der Waals surface area contributed by atoms with E-state index in [1.165, 1.54) is 0 Å². The molecule has 0 N–H and O–H groups in total. The molecule has 0 bridgehead atoms. The van der Waals surface area contributed by atoms with Crippen molar-refractivity contribution in [2.24, 2.45) is 5.41 Å². The Labute approximate surface area is 124 Å². The Bertz CT molecular complexity index is 430. The summed E-state index contributed by atoms with van der Waals surface area (Å²) in [5, 5.41) is 0. The van der Waals surface area contributed by atoms with Crippen molar-refractivity contribution in [3.8, 4) is 0 Å². The topological polar surface area (TPSA) is 26.3 Å². The van der Waals surface area contributed by atoms with Crippen molar-refractivity contribution in [3.05, 3.63) is 35.4 Å². The zero-order chi connectivity index (χ0) is 14.0. The third kappa shape index (κ3) is 4.05. The van der Waals surface area contributed by atoms with Crippen LogP contribution in [0.4, 0.5) is 0 Å². The third-order valence-corrected chi connectivity index (χ3v) is 3.96. The van der Waals surface area contributed by atoms with E-state index in [2.05, 4.69) is 0 Å². The van der Waals surface area contributed by atoms with E-state index in [1.54, 1.807) is 0 Å². The first-order chi connectivity index (χ1) is 8.17. The maximum absolute atomic E-state index is 12.4. The fourth-order valence-corrected chi connectivity index (χ4v) is 1.94. The molecular weight excluding hydrogens is 339 g/mol. The minimum absolute atomic E-state index is 0.183. The Hall–Kier alpha value is -0.420. The third-order valence-electron chi connectivity index (χ3n) is 2.77. The normalized spacial score (nSPS) is 12.6. The fraction of sp³-hybridized carbons (Fsp3) is 0.533. The van der Waals surface area contributed by atoms with Gasteiger partial charge >= 0.3 is 0 Å². The molecule has 0 aliphatic heterocycles. The van der Waals surface area contributed by atoms with E-state index < -0.39 is 0 Å². The summed E-state index contributed by atoms with van der Waals surface area (Å²) in [6.45, 7) is 9.90. The SMILES string of the molecule is CC(C)(Cc1ccccc1C(=O)C(C)(C)C)OI. The fourth-order valence-electron chi connectivity index (χ4n) is 1.79.